The van der Waals surface area contributed by atoms with E-state index in [0.29, 0.717) is 29.0 Å². The third-order valence-electron chi connectivity index (χ3n) is 4.46. The van der Waals surface area contributed by atoms with E-state index in [1.54, 1.807) is 17.9 Å². The summed E-state index contributed by atoms with van der Waals surface area (Å²) in [5.74, 6) is 1.25. The second-order valence-corrected chi connectivity index (χ2v) is 7.64. The van der Waals surface area contributed by atoms with Gasteiger partial charge in [0.05, 0.1) is 24.3 Å². The summed E-state index contributed by atoms with van der Waals surface area (Å²) in [6.07, 6.45) is 0.858. The maximum absolute atomic E-state index is 12.4. The van der Waals surface area contributed by atoms with Crippen molar-refractivity contribution in [2.45, 2.75) is 13.3 Å². The van der Waals surface area contributed by atoms with Crippen LogP contribution < -0.4 is 14.8 Å². The second kappa shape index (κ2) is 9.44. The van der Waals surface area contributed by atoms with Crippen molar-refractivity contribution in [3.05, 3.63) is 70.9 Å². The van der Waals surface area contributed by atoms with E-state index < -0.39 is 0 Å². The van der Waals surface area contributed by atoms with Gasteiger partial charge in [0.15, 0.2) is 5.82 Å². The van der Waals surface area contributed by atoms with Crippen LogP contribution >= 0.6 is 11.3 Å². The van der Waals surface area contributed by atoms with Crippen LogP contribution in [0.25, 0.3) is 17.1 Å². The number of amides is 1. The van der Waals surface area contributed by atoms with E-state index in [1.807, 2.05) is 66.9 Å². The van der Waals surface area contributed by atoms with Gasteiger partial charge >= 0.3 is 6.01 Å². The van der Waals surface area contributed by atoms with Gasteiger partial charge in [0.25, 0.3) is 5.91 Å². The van der Waals surface area contributed by atoms with Crippen molar-refractivity contribution in [3.63, 3.8) is 0 Å². The van der Waals surface area contributed by atoms with Gasteiger partial charge in [0.2, 0.25) is 0 Å². The fourth-order valence-corrected chi connectivity index (χ4v) is 3.59. The summed E-state index contributed by atoms with van der Waals surface area (Å²) in [6, 6.07) is 19.0. The summed E-state index contributed by atoms with van der Waals surface area (Å²) in [7, 11) is 1.63. The molecule has 0 atom stereocenters. The highest BCUT2D eigenvalue weighted by atomic mass is 32.1. The molecule has 31 heavy (non-hydrogen) atoms. The molecule has 0 aliphatic carbocycles. The Balaban J connectivity index is 1.68. The van der Waals surface area contributed by atoms with Gasteiger partial charge < -0.3 is 14.8 Å². The summed E-state index contributed by atoms with van der Waals surface area (Å²) >= 11 is 1.40. The summed E-state index contributed by atoms with van der Waals surface area (Å²) in [5, 5.41) is 9.36. The molecule has 0 fully saturated rings. The highest BCUT2D eigenvalue weighted by Gasteiger charge is 2.16. The summed E-state index contributed by atoms with van der Waals surface area (Å²) in [5.41, 5.74) is 2.30. The van der Waals surface area contributed by atoms with Gasteiger partial charge in [-0.3, -0.25) is 4.79 Å². The lowest BCUT2D eigenvalue weighted by Crippen LogP contribution is -2.10. The maximum atomic E-state index is 12.4. The van der Waals surface area contributed by atoms with E-state index in [-0.39, 0.29) is 5.91 Å². The van der Waals surface area contributed by atoms with Crippen LogP contribution in [0, 0.1) is 0 Å². The molecule has 0 saturated carbocycles. The minimum absolute atomic E-state index is 0.145. The molecule has 2 heterocycles. The van der Waals surface area contributed by atoms with Crippen molar-refractivity contribution in [2.75, 3.05) is 19.0 Å². The summed E-state index contributed by atoms with van der Waals surface area (Å²) < 4.78 is 12.6. The van der Waals surface area contributed by atoms with Gasteiger partial charge in [-0.25, -0.2) is 4.68 Å². The molecular formula is C23H22N4O3S. The zero-order chi connectivity index (χ0) is 21.6. The molecule has 0 bridgehead atoms. The maximum Gasteiger partial charge on any atom is 0.336 e. The van der Waals surface area contributed by atoms with Crippen molar-refractivity contribution in [1.82, 2.24) is 14.8 Å². The number of hydrogen-bond donors (Lipinski definition) is 1. The van der Waals surface area contributed by atoms with Crippen molar-refractivity contribution < 1.29 is 14.3 Å². The number of ether oxygens (including phenoxy) is 2. The highest BCUT2D eigenvalue weighted by molar-refractivity contribution is 7.12. The summed E-state index contributed by atoms with van der Waals surface area (Å²) in [6.45, 7) is 2.56. The quantitative estimate of drug-likeness (QED) is 0.420. The number of carbonyl (C=O) groups excluding carboxylic acids is 1. The Morgan fingerprint density at radius 3 is 2.68 bits per heavy atom. The van der Waals surface area contributed by atoms with Gasteiger partial charge in [0, 0.05) is 11.3 Å². The van der Waals surface area contributed by atoms with Crippen molar-refractivity contribution >= 4 is 22.9 Å². The molecule has 4 rings (SSSR count). The Bertz CT molecular complexity index is 1150. The third-order valence-corrected chi connectivity index (χ3v) is 5.33. The van der Waals surface area contributed by atoms with Crippen LogP contribution in [0.1, 0.15) is 23.0 Å². The fraction of sp³-hybridized carbons (Fsp3) is 0.174. The lowest BCUT2D eigenvalue weighted by Gasteiger charge is -2.09. The molecular weight excluding hydrogens is 412 g/mol. The van der Waals surface area contributed by atoms with Crippen LogP contribution in [0.2, 0.25) is 0 Å². The number of hydrogen-bond acceptors (Lipinski definition) is 6. The van der Waals surface area contributed by atoms with E-state index in [0.717, 1.165) is 23.4 Å². The first kappa shape index (κ1) is 20.6. The molecule has 0 spiro atoms. The Labute approximate surface area is 184 Å². The molecule has 2 aromatic heterocycles. The minimum Gasteiger partial charge on any atom is -0.497 e. The Hall–Kier alpha value is -3.65. The van der Waals surface area contributed by atoms with Crippen molar-refractivity contribution in [1.29, 1.82) is 0 Å². The molecule has 1 N–H and O–H groups in total. The molecule has 158 valence electrons. The number of benzene rings is 2. The first-order valence-corrected chi connectivity index (χ1v) is 10.8. The molecule has 1 amide bonds. The highest BCUT2D eigenvalue weighted by Crippen LogP contribution is 2.27. The monoisotopic (exact) mass is 434 g/mol. The topological polar surface area (TPSA) is 78.3 Å². The zero-order valence-electron chi connectivity index (χ0n) is 17.2. The largest absolute Gasteiger partial charge is 0.497 e. The average molecular weight is 435 g/mol. The molecule has 2 aromatic carbocycles. The van der Waals surface area contributed by atoms with Crippen LogP contribution in [0.5, 0.6) is 11.8 Å². The molecule has 0 radical (unpaired) electrons. The van der Waals surface area contributed by atoms with Gasteiger partial charge in [-0.15, -0.1) is 16.4 Å². The second-order valence-electron chi connectivity index (χ2n) is 6.69. The molecule has 0 saturated heterocycles. The lowest BCUT2D eigenvalue weighted by atomic mass is 10.2. The van der Waals surface area contributed by atoms with Gasteiger partial charge in [-0.2, -0.15) is 4.98 Å². The minimum atomic E-state index is -0.145. The molecule has 8 heteroatoms. The van der Waals surface area contributed by atoms with E-state index >= 15 is 0 Å². The molecule has 7 nitrogen and oxygen atoms in total. The number of carbonyl (C=O) groups is 1. The van der Waals surface area contributed by atoms with Crippen LogP contribution in [0.3, 0.4) is 0 Å². The number of rotatable bonds is 8. The van der Waals surface area contributed by atoms with Crippen LogP contribution in [0.15, 0.2) is 66.0 Å². The van der Waals surface area contributed by atoms with Crippen LogP contribution in [0.4, 0.5) is 5.69 Å². The van der Waals surface area contributed by atoms with E-state index in [9.17, 15) is 4.79 Å². The van der Waals surface area contributed by atoms with Crippen LogP contribution in [-0.4, -0.2) is 34.4 Å². The Morgan fingerprint density at radius 2 is 1.97 bits per heavy atom. The molecule has 0 aliphatic heterocycles. The van der Waals surface area contributed by atoms with E-state index in [1.165, 1.54) is 11.3 Å². The number of nitrogens with one attached hydrogen (secondary N) is 1. The first-order valence-electron chi connectivity index (χ1n) is 9.87. The number of aromatic nitrogens is 3. The standard InChI is InChI=1S/C23H22N4O3S/c1-3-13-30-23-25-21(16-9-11-19(29-2)12-10-16)27(26-23)18-7-4-6-17(15-18)24-22(28)20-8-5-14-31-20/h4-12,14-15H,3,13H2,1-2H3,(H,24,28). The molecule has 4 aromatic rings. The fourth-order valence-electron chi connectivity index (χ4n) is 2.97. The predicted molar refractivity (Wildman–Crippen MR) is 121 cm³/mol. The van der Waals surface area contributed by atoms with Crippen molar-refractivity contribution in [3.8, 4) is 28.8 Å². The smallest absolute Gasteiger partial charge is 0.336 e. The Morgan fingerprint density at radius 1 is 1.13 bits per heavy atom. The molecule has 0 aliphatic rings. The van der Waals surface area contributed by atoms with Gasteiger partial charge in [-0.1, -0.05) is 19.1 Å². The average Bonchev–Trinajstić information content (AvgIpc) is 3.48. The first-order chi connectivity index (χ1) is 15.2. The SMILES string of the molecule is CCCOc1nc(-c2ccc(OC)cc2)n(-c2cccc(NC(=O)c3cccs3)c2)n1. The van der Waals surface area contributed by atoms with Crippen molar-refractivity contribution in [2.24, 2.45) is 0 Å². The Kier molecular flexibility index (Phi) is 6.28. The normalized spacial score (nSPS) is 10.6. The lowest BCUT2D eigenvalue weighted by molar-refractivity contribution is 0.103. The number of anilines is 1. The summed E-state index contributed by atoms with van der Waals surface area (Å²) in [4.78, 5) is 17.7. The number of nitrogens with zero attached hydrogens (tertiary/aromatic N) is 3. The van der Waals surface area contributed by atoms with Gasteiger partial charge in [0.1, 0.15) is 5.75 Å². The van der Waals surface area contributed by atoms with E-state index in [4.69, 9.17) is 9.47 Å². The number of thiophene rings is 1. The molecule has 0 unspecified atom stereocenters. The number of methoxy groups -OCH3 is 1. The zero-order valence-corrected chi connectivity index (χ0v) is 18.1. The van der Waals surface area contributed by atoms with E-state index in [2.05, 4.69) is 15.4 Å². The third kappa shape index (κ3) is 4.75. The van der Waals surface area contributed by atoms with Crippen LogP contribution in [-0.2, 0) is 0 Å². The predicted octanol–water partition coefficient (Wildman–Crippen LogP) is 5.05. The van der Waals surface area contributed by atoms with Gasteiger partial charge in [-0.05, 0) is 60.3 Å².